The Kier molecular flexibility index (Phi) is 5.58. The van der Waals surface area contributed by atoms with Crippen LogP contribution < -0.4 is 4.84 Å². The molecule has 0 radical (unpaired) electrons. The molecule has 3 heterocycles. The lowest BCUT2D eigenvalue weighted by Crippen LogP contribution is -2.38. The Labute approximate surface area is 145 Å². The highest BCUT2D eigenvalue weighted by Gasteiger charge is 2.44. The summed E-state index contributed by atoms with van der Waals surface area (Å²) >= 11 is 0. The van der Waals surface area contributed by atoms with E-state index in [1.165, 1.54) is 28.2 Å². The van der Waals surface area contributed by atoms with Gasteiger partial charge in [-0.3, -0.25) is 0 Å². The molecular weight excluding hydrogens is 356 g/mol. The van der Waals surface area contributed by atoms with Gasteiger partial charge in [-0.05, 0) is 10.8 Å². The predicted molar refractivity (Wildman–Crippen MR) is 88.2 cm³/mol. The van der Waals surface area contributed by atoms with E-state index in [1.54, 1.807) is 16.9 Å². The number of nitrogens with zero attached hydrogens (tertiary/aromatic N) is 4. The molecule has 11 heteroatoms. The van der Waals surface area contributed by atoms with Crippen molar-refractivity contribution in [3.05, 3.63) is 25.3 Å². The number of hydrogen-bond acceptors (Lipinski definition) is 10. The summed E-state index contributed by atoms with van der Waals surface area (Å²) in [4.78, 5) is 18.1. The summed E-state index contributed by atoms with van der Waals surface area (Å²) in [6.07, 6.45) is -0.0100. The molecule has 9 nitrogen and oxygen atoms in total. The molecule has 0 amide bonds. The van der Waals surface area contributed by atoms with Crippen LogP contribution in [0.3, 0.4) is 0 Å². The van der Waals surface area contributed by atoms with Crippen molar-refractivity contribution in [3.63, 3.8) is 0 Å². The van der Waals surface area contributed by atoms with E-state index >= 15 is 0 Å². The Morgan fingerprint density at radius 1 is 1.33 bits per heavy atom. The highest BCUT2D eigenvalue weighted by atomic mass is 33.1. The molecule has 1 fully saturated rings. The van der Waals surface area contributed by atoms with Gasteiger partial charge in [0.1, 0.15) is 41.5 Å². The van der Waals surface area contributed by atoms with Crippen molar-refractivity contribution in [2.75, 3.05) is 12.4 Å². The average Bonchev–Trinajstić information content (AvgIpc) is 3.12. The third-order valence-corrected chi connectivity index (χ3v) is 5.49. The molecule has 1 saturated heterocycles. The number of fused-ring (bicyclic) bond motifs is 1. The smallest absolute Gasteiger partial charge is 0.254 e. The monoisotopic (exact) mass is 372 g/mol. The zero-order chi connectivity index (χ0) is 17.1. The van der Waals surface area contributed by atoms with E-state index in [4.69, 9.17) is 14.7 Å². The Bertz CT molecular complexity index is 715. The standard InChI is InChI=1S/C13H16N4O5S2/c1-2-3-23-24-12-8-11(14-5-15-12)17(6-16-8)22-13-10(20)9(19)7(4-18)21-13/h2,5-7,9-10,13,18-20H,1,3-4H2/t7-,9-,10-,13?/m1/s1. The van der Waals surface area contributed by atoms with Crippen molar-refractivity contribution in [3.8, 4) is 0 Å². The van der Waals surface area contributed by atoms with Gasteiger partial charge in [-0.1, -0.05) is 16.9 Å². The highest BCUT2D eigenvalue weighted by Crippen LogP contribution is 2.33. The van der Waals surface area contributed by atoms with Crippen LogP contribution in [0.2, 0.25) is 0 Å². The maximum absolute atomic E-state index is 9.93. The van der Waals surface area contributed by atoms with E-state index < -0.39 is 31.2 Å². The van der Waals surface area contributed by atoms with Gasteiger partial charge in [0.15, 0.2) is 5.65 Å². The molecule has 1 aliphatic rings. The first kappa shape index (κ1) is 17.5. The Balaban J connectivity index is 1.79. The summed E-state index contributed by atoms with van der Waals surface area (Å²) in [7, 11) is 3.00. The molecule has 0 aliphatic carbocycles. The lowest BCUT2D eigenvalue weighted by Gasteiger charge is -2.16. The number of aliphatic hydroxyl groups is 3. The zero-order valence-corrected chi connectivity index (χ0v) is 14.1. The third kappa shape index (κ3) is 3.36. The van der Waals surface area contributed by atoms with Crippen molar-refractivity contribution in [2.45, 2.75) is 29.6 Å². The van der Waals surface area contributed by atoms with Gasteiger partial charge in [0.05, 0.1) is 6.61 Å². The quantitative estimate of drug-likeness (QED) is 0.256. The van der Waals surface area contributed by atoms with Crippen LogP contribution in [-0.2, 0) is 4.74 Å². The molecule has 2 aromatic rings. The van der Waals surface area contributed by atoms with Crippen molar-refractivity contribution in [1.82, 2.24) is 19.7 Å². The van der Waals surface area contributed by atoms with Crippen molar-refractivity contribution >= 4 is 32.8 Å². The van der Waals surface area contributed by atoms with Crippen LogP contribution in [0, 0.1) is 0 Å². The van der Waals surface area contributed by atoms with Crippen LogP contribution >= 0.6 is 21.6 Å². The minimum absolute atomic E-state index is 0.407. The van der Waals surface area contributed by atoms with Gasteiger partial charge in [-0.15, -0.1) is 11.3 Å². The van der Waals surface area contributed by atoms with Crippen LogP contribution in [0.5, 0.6) is 0 Å². The normalized spacial score (nSPS) is 26.8. The van der Waals surface area contributed by atoms with Crippen LogP contribution in [0.4, 0.5) is 0 Å². The first-order chi connectivity index (χ1) is 11.7. The Hall–Kier alpha value is -1.37. The van der Waals surface area contributed by atoms with Gasteiger partial charge in [-0.25, -0.2) is 15.0 Å². The lowest BCUT2D eigenvalue weighted by atomic mass is 10.1. The number of imidazole rings is 1. The molecule has 2 aromatic heterocycles. The summed E-state index contributed by atoms with van der Waals surface area (Å²) < 4.78 is 6.53. The van der Waals surface area contributed by atoms with Crippen molar-refractivity contribution in [2.24, 2.45) is 0 Å². The van der Waals surface area contributed by atoms with Gasteiger partial charge in [0, 0.05) is 5.75 Å². The largest absolute Gasteiger partial charge is 0.394 e. The third-order valence-electron chi connectivity index (χ3n) is 3.31. The number of hydrogen-bond donors (Lipinski definition) is 3. The first-order valence-corrected chi connectivity index (χ1v) is 9.35. The summed E-state index contributed by atoms with van der Waals surface area (Å²) in [6, 6.07) is 0. The molecular formula is C13H16N4O5S2. The van der Waals surface area contributed by atoms with Crippen molar-refractivity contribution in [1.29, 1.82) is 0 Å². The van der Waals surface area contributed by atoms with Gasteiger partial charge < -0.3 is 24.9 Å². The van der Waals surface area contributed by atoms with E-state index in [-0.39, 0.29) is 0 Å². The first-order valence-electron chi connectivity index (χ1n) is 7.03. The molecule has 0 aromatic carbocycles. The minimum Gasteiger partial charge on any atom is -0.394 e. The van der Waals surface area contributed by atoms with E-state index in [1.807, 2.05) is 0 Å². The van der Waals surface area contributed by atoms with Gasteiger partial charge >= 0.3 is 0 Å². The molecule has 4 atom stereocenters. The molecule has 0 spiro atoms. The van der Waals surface area contributed by atoms with Gasteiger partial charge in [0.2, 0.25) is 0 Å². The summed E-state index contributed by atoms with van der Waals surface area (Å²) in [5.41, 5.74) is 0.954. The average molecular weight is 372 g/mol. The van der Waals surface area contributed by atoms with Gasteiger partial charge in [-0.2, -0.15) is 0 Å². The van der Waals surface area contributed by atoms with E-state index in [9.17, 15) is 10.2 Å². The van der Waals surface area contributed by atoms with E-state index in [0.29, 0.717) is 16.2 Å². The molecule has 130 valence electrons. The number of ether oxygens (including phenoxy) is 1. The molecule has 0 saturated carbocycles. The van der Waals surface area contributed by atoms with Crippen LogP contribution in [-0.4, -0.2) is 72.0 Å². The fourth-order valence-corrected chi connectivity index (χ4v) is 3.92. The van der Waals surface area contributed by atoms with E-state index in [0.717, 1.165) is 5.75 Å². The van der Waals surface area contributed by atoms with Crippen LogP contribution in [0.1, 0.15) is 0 Å². The molecule has 3 N–H and O–H groups in total. The highest BCUT2D eigenvalue weighted by molar-refractivity contribution is 8.76. The number of aromatic nitrogens is 4. The maximum atomic E-state index is 9.93. The van der Waals surface area contributed by atoms with E-state index in [2.05, 4.69) is 21.5 Å². The SMILES string of the molecule is C=CCSSc1ncnc2c1ncn2OC1O[C@H](CO)[C@@H](O)[C@H]1O. The Morgan fingerprint density at radius 3 is 2.88 bits per heavy atom. The molecule has 3 rings (SSSR count). The predicted octanol–water partition coefficient (Wildman–Crippen LogP) is -0.380. The van der Waals surface area contributed by atoms with Gasteiger partial charge in [0.25, 0.3) is 6.29 Å². The zero-order valence-electron chi connectivity index (χ0n) is 12.4. The second-order valence-corrected chi connectivity index (χ2v) is 7.22. The van der Waals surface area contributed by atoms with Crippen LogP contribution in [0.25, 0.3) is 11.2 Å². The van der Waals surface area contributed by atoms with Crippen molar-refractivity contribution < 1.29 is 24.9 Å². The Morgan fingerprint density at radius 2 is 2.17 bits per heavy atom. The molecule has 1 aliphatic heterocycles. The maximum Gasteiger partial charge on any atom is 0.254 e. The molecule has 24 heavy (non-hydrogen) atoms. The molecule has 0 bridgehead atoms. The number of aliphatic hydroxyl groups excluding tert-OH is 3. The molecule has 1 unspecified atom stereocenters. The van der Waals surface area contributed by atoms with Crippen LogP contribution in [0.15, 0.2) is 30.3 Å². The lowest BCUT2D eigenvalue weighted by molar-refractivity contribution is -0.169. The fraction of sp³-hybridized carbons (Fsp3) is 0.462. The minimum atomic E-state index is -1.29. The fourth-order valence-electron chi connectivity index (χ4n) is 2.13. The topological polar surface area (TPSA) is 123 Å². The summed E-state index contributed by atoms with van der Waals surface area (Å²) in [5, 5.41) is 29.5. The second-order valence-electron chi connectivity index (χ2n) is 4.89. The second kappa shape index (κ2) is 7.68. The summed E-state index contributed by atoms with van der Waals surface area (Å²) in [6.45, 7) is 3.24. The number of rotatable bonds is 7. The summed E-state index contributed by atoms with van der Waals surface area (Å²) in [5.74, 6) is 0.760.